The minimum atomic E-state index is -4.02. The van der Waals surface area contributed by atoms with Crippen LogP contribution in [0.1, 0.15) is 10.6 Å². The Morgan fingerprint density at radius 2 is 1.80 bits per heavy atom. The molecule has 0 aliphatic heterocycles. The number of aromatic nitrogens is 1. The smallest absolute Gasteiger partial charge is 0.339 e. The molecule has 1 aromatic heterocycles. The molecule has 0 saturated carbocycles. The highest BCUT2D eigenvalue weighted by Crippen LogP contribution is 2.32. The highest BCUT2D eigenvalue weighted by atomic mass is 79.9. The van der Waals surface area contributed by atoms with Crippen LogP contribution >= 0.6 is 27.3 Å². The molecule has 0 spiro atoms. The molecule has 4 aromatic rings. The molecule has 0 fully saturated rings. The van der Waals surface area contributed by atoms with Gasteiger partial charge in [-0.1, -0.05) is 46.3 Å². The Kier molecular flexibility index (Phi) is 5.68. The van der Waals surface area contributed by atoms with Crippen molar-refractivity contribution in [2.45, 2.75) is 4.90 Å². The van der Waals surface area contributed by atoms with E-state index in [4.69, 9.17) is 4.18 Å². The topological polar surface area (TPSA) is 80.0 Å². The van der Waals surface area contributed by atoms with Gasteiger partial charge in [-0.25, -0.2) is 4.98 Å². The minimum absolute atomic E-state index is 0.0505. The molecule has 8 heteroatoms. The van der Waals surface area contributed by atoms with Crippen LogP contribution in [0.25, 0.3) is 21.9 Å². The molecule has 0 saturated heterocycles. The number of hydrogen-bond donors (Lipinski definition) is 0. The number of nitrogens with zero attached hydrogens (tertiary/aromatic N) is 2. The van der Waals surface area contributed by atoms with Crippen LogP contribution in [0.15, 0.2) is 82.2 Å². The van der Waals surface area contributed by atoms with E-state index in [1.807, 2.05) is 24.3 Å². The third-order valence-corrected chi connectivity index (χ3v) is 6.96. The maximum atomic E-state index is 12.7. The van der Waals surface area contributed by atoms with E-state index in [-0.39, 0.29) is 10.6 Å². The van der Waals surface area contributed by atoms with Gasteiger partial charge in [0.25, 0.3) is 0 Å². The maximum absolute atomic E-state index is 12.7. The summed E-state index contributed by atoms with van der Waals surface area (Å²) in [6.45, 7) is 0. The third kappa shape index (κ3) is 4.28. The number of thiazole rings is 1. The predicted octanol–water partition coefficient (Wildman–Crippen LogP) is 5.89. The van der Waals surface area contributed by atoms with Gasteiger partial charge in [0.15, 0.2) is 0 Å². The van der Waals surface area contributed by atoms with Gasteiger partial charge in [0.05, 0.1) is 15.8 Å². The van der Waals surface area contributed by atoms with E-state index in [2.05, 4.69) is 27.0 Å². The molecule has 0 aliphatic rings. The molecule has 30 heavy (non-hydrogen) atoms. The number of nitriles is 1. The van der Waals surface area contributed by atoms with Gasteiger partial charge in [0, 0.05) is 10.0 Å². The number of halogens is 1. The third-order valence-electron chi connectivity index (χ3n) is 4.15. The highest BCUT2D eigenvalue weighted by Gasteiger charge is 2.19. The van der Waals surface area contributed by atoms with Crippen LogP contribution in [0.3, 0.4) is 0 Å². The van der Waals surface area contributed by atoms with Crippen LogP contribution in [-0.4, -0.2) is 13.4 Å². The van der Waals surface area contributed by atoms with Crippen LogP contribution < -0.4 is 4.18 Å². The van der Waals surface area contributed by atoms with Gasteiger partial charge in [0.2, 0.25) is 0 Å². The predicted molar refractivity (Wildman–Crippen MR) is 122 cm³/mol. The van der Waals surface area contributed by atoms with Crippen molar-refractivity contribution in [2.24, 2.45) is 0 Å². The highest BCUT2D eigenvalue weighted by molar-refractivity contribution is 9.10. The zero-order chi connectivity index (χ0) is 21.1. The summed E-state index contributed by atoms with van der Waals surface area (Å²) >= 11 is 4.78. The lowest BCUT2D eigenvalue weighted by atomic mass is 10.1. The zero-order valence-corrected chi connectivity index (χ0v) is 18.5. The Hall–Kier alpha value is -2.99. The summed E-state index contributed by atoms with van der Waals surface area (Å²) < 4.78 is 32.4. The van der Waals surface area contributed by atoms with E-state index in [0.717, 1.165) is 14.7 Å². The van der Waals surface area contributed by atoms with Gasteiger partial charge in [-0.15, -0.1) is 11.3 Å². The van der Waals surface area contributed by atoms with Crippen molar-refractivity contribution in [3.8, 4) is 11.8 Å². The number of hydrogen-bond acceptors (Lipinski definition) is 6. The van der Waals surface area contributed by atoms with Gasteiger partial charge in [-0.3, -0.25) is 0 Å². The number of para-hydroxylation sites is 1. The Morgan fingerprint density at radius 1 is 1.07 bits per heavy atom. The van der Waals surface area contributed by atoms with Crippen molar-refractivity contribution < 1.29 is 12.6 Å². The van der Waals surface area contributed by atoms with E-state index >= 15 is 0 Å². The summed E-state index contributed by atoms with van der Waals surface area (Å²) in [6, 6.07) is 22.6. The molecule has 1 heterocycles. The summed E-state index contributed by atoms with van der Waals surface area (Å²) in [5, 5.41) is 10.3. The fraction of sp³-hybridized carbons (Fsp3) is 0. The molecule has 0 N–H and O–H groups in total. The summed E-state index contributed by atoms with van der Waals surface area (Å²) in [6.07, 6.45) is 1.58. The van der Waals surface area contributed by atoms with E-state index in [1.54, 1.807) is 42.5 Å². The lowest BCUT2D eigenvalue weighted by molar-refractivity contribution is 0.485. The lowest BCUT2D eigenvalue weighted by Crippen LogP contribution is -2.10. The first kappa shape index (κ1) is 20.3. The van der Waals surface area contributed by atoms with Crippen molar-refractivity contribution in [1.29, 1.82) is 5.26 Å². The first-order chi connectivity index (χ1) is 14.5. The molecule has 3 aromatic carbocycles. The monoisotopic (exact) mass is 496 g/mol. The molecule has 4 rings (SSSR count). The summed E-state index contributed by atoms with van der Waals surface area (Å²) in [5.74, 6) is 0.121. The quantitative estimate of drug-likeness (QED) is 0.254. The number of allylic oxidation sites excluding steroid dienone is 1. The fourth-order valence-electron chi connectivity index (χ4n) is 2.75. The van der Waals surface area contributed by atoms with Crippen molar-refractivity contribution in [3.05, 3.63) is 87.8 Å². The number of fused-ring (bicyclic) bond motifs is 1. The normalized spacial score (nSPS) is 11.9. The first-order valence-electron chi connectivity index (χ1n) is 8.73. The second-order valence-corrected chi connectivity index (χ2v) is 9.68. The summed E-state index contributed by atoms with van der Waals surface area (Å²) in [4.78, 5) is 4.56. The Bertz CT molecular complexity index is 1370. The molecule has 148 valence electrons. The Morgan fingerprint density at radius 3 is 2.53 bits per heavy atom. The van der Waals surface area contributed by atoms with Gasteiger partial charge in [-0.2, -0.15) is 13.7 Å². The molecular weight excluding hydrogens is 484 g/mol. The molecule has 0 atom stereocenters. The van der Waals surface area contributed by atoms with Gasteiger partial charge in [0.1, 0.15) is 21.7 Å². The number of benzene rings is 3. The number of rotatable bonds is 5. The molecule has 0 bridgehead atoms. The average Bonchev–Trinajstić information content (AvgIpc) is 3.18. The second kappa shape index (κ2) is 8.40. The van der Waals surface area contributed by atoms with Crippen LogP contribution in [-0.2, 0) is 10.1 Å². The molecule has 0 unspecified atom stereocenters. The molecule has 0 aliphatic carbocycles. The molecule has 5 nitrogen and oxygen atoms in total. The largest absolute Gasteiger partial charge is 0.378 e. The zero-order valence-electron chi connectivity index (χ0n) is 15.3. The minimum Gasteiger partial charge on any atom is -0.378 e. The summed E-state index contributed by atoms with van der Waals surface area (Å²) in [5.41, 5.74) is 1.56. The average molecular weight is 497 g/mol. The molecule has 0 radical (unpaired) electrons. The van der Waals surface area contributed by atoms with Crippen LogP contribution in [0.4, 0.5) is 0 Å². The Labute approximate surface area is 186 Å². The van der Waals surface area contributed by atoms with Crippen LogP contribution in [0, 0.1) is 11.3 Å². The van der Waals surface area contributed by atoms with Crippen molar-refractivity contribution >= 4 is 59.3 Å². The second-order valence-electron chi connectivity index (χ2n) is 6.19. The van der Waals surface area contributed by atoms with Gasteiger partial charge >= 0.3 is 10.1 Å². The summed E-state index contributed by atoms with van der Waals surface area (Å²) in [7, 11) is -4.02. The van der Waals surface area contributed by atoms with Crippen molar-refractivity contribution in [1.82, 2.24) is 4.98 Å². The first-order valence-corrected chi connectivity index (χ1v) is 11.7. The molecule has 0 amide bonds. The van der Waals surface area contributed by atoms with Crippen LogP contribution in [0.2, 0.25) is 0 Å². The Balaban J connectivity index is 1.77. The maximum Gasteiger partial charge on any atom is 0.339 e. The van der Waals surface area contributed by atoms with E-state index in [9.17, 15) is 13.7 Å². The van der Waals surface area contributed by atoms with E-state index in [0.29, 0.717) is 16.1 Å². The SMILES string of the molecule is N#C/C(=C\c1cc(Br)ccc1OS(=O)(=O)c1ccccc1)c1nc2ccccc2s1. The fourth-order valence-corrected chi connectivity index (χ4v) is 5.03. The van der Waals surface area contributed by atoms with Crippen LogP contribution in [0.5, 0.6) is 5.75 Å². The standard InChI is InChI=1S/C22H13BrN2O3S2/c23-17-10-11-20(28-30(26,27)18-6-2-1-3-7-18)15(13-17)12-16(14-24)22-25-19-8-4-5-9-21(19)29-22/h1-13H/b16-12+. The van der Waals surface area contributed by atoms with Gasteiger partial charge in [-0.05, 0) is 48.5 Å². The van der Waals surface area contributed by atoms with E-state index in [1.165, 1.54) is 23.5 Å². The molecular formula is C22H13BrN2O3S2. The lowest BCUT2D eigenvalue weighted by Gasteiger charge is -2.10. The van der Waals surface area contributed by atoms with Crippen molar-refractivity contribution in [2.75, 3.05) is 0 Å². The van der Waals surface area contributed by atoms with E-state index < -0.39 is 10.1 Å². The van der Waals surface area contributed by atoms with Gasteiger partial charge < -0.3 is 4.18 Å². The van der Waals surface area contributed by atoms with Crippen molar-refractivity contribution in [3.63, 3.8) is 0 Å².